The van der Waals surface area contributed by atoms with E-state index in [0.717, 1.165) is 0 Å². The van der Waals surface area contributed by atoms with Gasteiger partial charge in [-0.3, -0.25) is 4.79 Å². The quantitative estimate of drug-likeness (QED) is 0.382. The van der Waals surface area contributed by atoms with E-state index < -0.39 is 34.7 Å². The van der Waals surface area contributed by atoms with Crippen molar-refractivity contribution in [1.29, 1.82) is 0 Å². The zero-order valence-corrected chi connectivity index (χ0v) is 22.8. The molecule has 2 amide bonds. The summed E-state index contributed by atoms with van der Waals surface area (Å²) < 4.78 is 21.6. The van der Waals surface area contributed by atoms with Crippen LogP contribution in [-0.2, 0) is 4.74 Å². The zero-order chi connectivity index (χ0) is 28.3. The number of hydrogen-bond acceptors (Lipinski definition) is 5. The van der Waals surface area contributed by atoms with Gasteiger partial charge in [-0.1, -0.05) is 35.6 Å². The van der Waals surface area contributed by atoms with Gasteiger partial charge in [-0.05, 0) is 71.9 Å². The number of nitrogens with zero attached hydrogens (tertiary/aromatic N) is 2. The van der Waals surface area contributed by atoms with Gasteiger partial charge in [-0.15, -0.1) is 0 Å². The van der Waals surface area contributed by atoms with Crippen LogP contribution in [-0.4, -0.2) is 44.6 Å². The molecule has 1 aromatic heterocycles. The molecular formula is C28H30ClFN4O4. The van der Waals surface area contributed by atoms with Gasteiger partial charge in [-0.2, -0.15) is 5.10 Å². The van der Waals surface area contributed by atoms with Gasteiger partial charge in [0.05, 0.1) is 6.54 Å². The van der Waals surface area contributed by atoms with Crippen LogP contribution in [0, 0.1) is 17.7 Å². The van der Waals surface area contributed by atoms with Gasteiger partial charge in [-0.25, -0.2) is 13.9 Å². The molecule has 3 rings (SSSR count). The predicted octanol–water partition coefficient (Wildman–Crippen LogP) is 5.44. The number of hydrogen-bond donors (Lipinski definition) is 3. The van der Waals surface area contributed by atoms with Crippen molar-refractivity contribution in [2.45, 2.75) is 52.7 Å². The van der Waals surface area contributed by atoms with E-state index in [2.05, 4.69) is 27.6 Å². The van der Waals surface area contributed by atoms with Crippen LogP contribution in [0.4, 0.5) is 9.18 Å². The number of nitrogens with one attached hydrogen (secondary N) is 2. The van der Waals surface area contributed by atoms with Crippen molar-refractivity contribution in [3.05, 3.63) is 64.6 Å². The average molecular weight is 541 g/mol. The number of ether oxygens (including phenoxy) is 1. The Hall–Kier alpha value is -4.03. The highest BCUT2D eigenvalue weighted by Gasteiger charge is 2.28. The molecule has 3 aromatic rings. The molecule has 10 heteroatoms. The minimum Gasteiger partial charge on any atom is -0.504 e. The van der Waals surface area contributed by atoms with Crippen molar-refractivity contribution in [3.63, 3.8) is 0 Å². The number of amides is 2. The van der Waals surface area contributed by atoms with Crippen LogP contribution >= 0.6 is 11.6 Å². The molecule has 0 atom stereocenters. The zero-order valence-electron chi connectivity index (χ0n) is 22.1. The predicted molar refractivity (Wildman–Crippen MR) is 144 cm³/mol. The summed E-state index contributed by atoms with van der Waals surface area (Å²) in [6.45, 7) is 10.6. The van der Waals surface area contributed by atoms with Crippen molar-refractivity contribution in [1.82, 2.24) is 20.4 Å². The Morgan fingerprint density at radius 1 is 1.11 bits per heavy atom. The molecule has 8 nitrogen and oxygen atoms in total. The Labute approximate surface area is 226 Å². The van der Waals surface area contributed by atoms with E-state index in [9.17, 15) is 14.7 Å². The van der Waals surface area contributed by atoms with Gasteiger partial charge in [0, 0.05) is 21.7 Å². The first-order valence-electron chi connectivity index (χ1n) is 11.8. The van der Waals surface area contributed by atoms with Crippen LogP contribution in [0.5, 0.6) is 5.75 Å². The first kappa shape index (κ1) is 28.5. The molecule has 0 unspecified atom stereocenters. The number of carbonyl (C=O) groups excluding carboxylic acids is 2. The second-order valence-electron chi connectivity index (χ2n) is 10.5. The second-order valence-corrected chi connectivity index (χ2v) is 10.9. The standard InChI is InChI=1S/C28H30ClFN4O4/c1-27(2,3)32-25(36)22-24(35)23(18-10-12-19(29)13-11-18)34(33-22)21-14-9-17(16-20(21)30)8-7-15-31-26(37)38-28(4,5)6/h9-14,16,35H,15H2,1-6H3,(H,31,37)(H,32,36). The molecule has 3 N–H and O–H groups in total. The van der Waals surface area contributed by atoms with E-state index in [0.29, 0.717) is 16.1 Å². The molecular weight excluding hydrogens is 511 g/mol. The number of benzene rings is 2. The lowest BCUT2D eigenvalue weighted by molar-refractivity contribution is 0.0534. The highest BCUT2D eigenvalue weighted by Crippen LogP contribution is 2.36. The first-order valence-corrected chi connectivity index (χ1v) is 12.2. The molecule has 0 spiro atoms. The second kappa shape index (κ2) is 11.2. The van der Waals surface area contributed by atoms with Gasteiger partial charge in [0.2, 0.25) is 0 Å². The maximum absolute atomic E-state index is 15.3. The van der Waals surface area contributed by atoms with Crippen molar-refractivity contribution in [3.8, 4) is 34.5 Å². The summed E-state index contributed by atoms with van der Waals surface area (Å²) in [5.74, 6) is 3.83. The van der Waals surface area contributed by atoms with Crippen LogP contribution < -0.4 is 10.6 Å². The molecule has 38 heavy (non-hydrogen) atoms. The number of rotatable bonds is 4. The van der Waals surface area contributed by atoms with Crippen LogP contribution in [0.25, 0.3) is 16.9 Å². The van der Waals surface area contributed by atoms with Crippen LogP contribution in [0.15, 0.2) is 42.5 Å². The van der Waals surface area contributed by atoms with Crippen molar-refractivity contribution in [2.75, 3.05) is 6.54 Å². The third-order valence-electron chi connectivity index (χ3n) is 4.81. The smallest absolute Gasteiger partial charge is 0.408 e. The molecule has 2 aromatic carbocycles. The van der Waals surface area contributed by atoms with Gasteiger partial charge >= 0.3 is 6.09 Å². The average Bonchev–Trinajstić information content (AvgIpc) is 3.12. The summed E-state index contributed by atoms with van der Waals surface area (Å²) in [6.07, 6.45) is -0.604. The topological polar surface area (TPSA) is 105 Å². The molecule has 0 fully saturated rings. The monoisotopic (exact) mass is 540 g/mol. The fraction of sp³-hybridized carbons (Fsp3) is 0.321. The van der Waals surface area contributed by atoms with Crippen molar-refractivity contribution in [2.24, 2.45) is 0 Å². The van der Waals surface area contributed by atoms with E-state index in [1.54, 1.807) is 71.9 Å². The number of alkyl carbamates (subject to hydrolysis) is 1. The fourth-order valence-electron chi connectivity index (χ4n) is 3.34. The van der Waals surface area contributed by atoms with E-state index >= 15 is 4.39 Å². The van der Waals surface area contributed by atoms with E-state index in [1.165, 1.54) is 16.8 Å². The Morgan fingerprint density at radius 2 is 1.76 bits per heavy atom. The largest absolute Gasteiger partial charge is 0.504 e. The Balaban J connectivity index is 1.95. The maximum Gasteiger partial charge on any atom is 0.408 e. The molecule has 0 radical (unpaired) electrons. The van der Waals surface area contributed by atoms with Crippen LogP contribution in [0.1, 0.15) is 57.6 Å². The van der Waals surface area contributed by atoms with Gasteiger partial charge in [0.25, 0.3) is 5.91 Å². The maximum atomic E-state index is 15.3. The van der Waals surface area contributed by atoms with Gasteiger partial charge < -0.3 is 20.5 Å². The Bertz CT molecular complexity index is 1410. The van der Waals surface area contributed by atoms with Crippen molar-refractivity contribution < 1.29 is 23.8 Å². The van der Waals surface area contributed by atoms with E-state index in [1.807, 2.05) is 0 Å². The molecule has 1 heterocycles. The molecule has 0 saturated carbocycles. The number of aromatic nitrogens is 2. The Morgan fingerprint density at radius 3 is 2.34 bits per heavy atom. The van der Waals surface area contributed by atoms with Crippen LogP contribution in [0.3, 0.4) is 0 Å². The van der Waals surface area contributed by atoms with Gasteiger partial charge in [0.15, 0.2) is 11.4 Å². The number of halogens is 2. The summed E-state index contributed by atoms with van der Waals surface area (Å²) in [4.78, 5) is 24.6. The highest BCUT2D eigenvalue weighted by atomic mass is 35.5. The molecule has 0 aliphatic carbocycles. The SMILES string of the molecule is CC(C)(C)NC(=O)c1nn(-c2ccc(C#CCNC(=O)OC(C)(C)C)cc2F)c(-c2ccc(Cl)cc2)c1O. The summed E-state index contributed by atoms with van der Waals surface area (Å²) in [7, 11) is 0. The summed E-state index contributed by atoms with van der Waals surface area (Å²) in [5.41, 5.74) is -0.510. The molecule has 200 valence electrons. The molecule has 0 saturated heterocycles. The number of aromatic hydroxyl groups is 1. The van der Waals surface area contributed by atoms with E-state index in [-0.39, 0.29) is 23.6 Å². The lowest BCUT2D eigenvalue weighted by Gasteiger charge is -2.19. The number of carbonyl (C=O) groups is 2. The molecule has 0 aliphatic rings. The third kappa shape index (κ3) is 7.49. The lowest BCUT2D eigenvalue weighted by Crippen LogP contribution is -2.40. The minimum absolute atomic E-state index is 0.00233. The highest BCUT2D eigenvalue weighted by molar-refractivity contribution is 6.30. The summed E-state index contributed by atoms with van der Waals surface area (Å²) >= 11 is 6.01. The normalized spacial score (nSPS) is 11.4. The molecule has 0 aliphatic heterocycles. The molecule has 0 bridgehead atoms. The fourth-order valence-corrected chi connectivity index (χ4v) is 3.46. The van der Waals surface area contributed by atoms with Crippen molar-refractivity contribution >= 4 is 23.6 Å². The summed E-state index contributed by atoms with van der Waals surface area (Å²) in [6, 6.07) is 10.7. The van der Waals surface area contributed by atoms with Crippen LogP contribution in [0.2, 0.25) is 5.02 Å². The third-order valence-corrected chi connectivity index (χ3v) is 5.06. The minimum atomic E-state index is -0.683. The van der Waals surface area contributed by atoms with Gasteiger partial charge in [0.1, 0.15) is 22.8 Å². The first-order chi connectivity index (χ1) is 17.6. The van der Waals surface area contributed by atoms with E-state index in [4.69, 9.17) is 16.3 Å². The lowest BCUT2D eigenvalue weighted by atomic mass is 10.1. The Kier molecular flexibility index (Phi) is 8.38. The summed E-state index contributed by atoms with van der Waals surface area (Å²) in [5, 5.41) is 21.0.